The van der Waals surface area contributed by atoms with Crippen LogP contribution in [-0.2, 0) is 0 Å². The maximum atomic E-state index is 3.70. The van der Waals surface area contributed by atoms with Crippen LogP contribution in [-0.4, -0.2) is 6.47 Å². The van der Waals surface area contributed by atoms with Crippen molar-refractivity contribution >= 4 is 63.7 Å². The molecule has 0 aromatic heterocycles. The third-order valence-corrected chi connectivity index (χ3v) is 7.61. The van der Waals surface area contributed by atoms with Gasteiger partial charge in [0.1, 0.15) is 0 Å². The number of hydrogen-bond acceptors (Lipinski definition) is 0. The molecule has 0 bridgehead atoms. The SMILES string of the molecule is BrC1(Br)C2/C=C\C3C(/C=C\C21)C3(Br)Br. The molecule has 0 aromatic rings. The van der Waals surface area contributed by atoms with Gasteiger partial charge in [-0.15, -0.1) is 0 Å². The van der Waals surface area contributed by atoms with Crippen molar-refractivity contribution in [3.05, 3.63) is 24.3 Å². The third kappa shape index (κ3) is 1.33. The summed E-state index contributed by atoms with van der Waals surface area (Å²) in [6.07, 6.45) is 9.33. The van der Waals surface area contributed by atoms with Crippen LogP contribution in [0.5, 0.6) is 0 Å². The second-order valence-corrected chi connectivity index (χ2v) is 11.6. The fourth-order valence-corrected chi connectivity index (χ4v) is 5.19. The maximum absolute atomic E-state index is 3.70. The van der Waals surface area contributed by atoms with E-state index < -0.39 is 0 Å². The van der Waals surface area contributed by atoms with E-state index in [9.17, 15) is 0 Å². The molecule has 0 aliphatic heterocycles. The van der Waals surface area contributed by atoms with Gasteiger partial charge in [-0.3, -0.25) is 0 Å². The van der Waals surface area contributed by atoms with Gasteiger partial charge in [-0.25, -0.2) is 0 Å². The van der Waals surface area contributed by atoms with Crippen molar-refractivity contribution in [3.63, 3.8) is 0 Å². The summed E-state index contributed by atoms with van der Waals surface area (Å²) in [4.78, 5) is 0. The van der Waals surface area contributed by atoms with Gasteiger partial charge < -0.3 is 0 Å². The van der Waals surface area contributed by atoms with E-state index in [4.69, 9.17) is 0 Å². The summed E-state index contributed by atoms with van der Waals surface area (Å²) in [5.41, 5.74) is 0. The minimum Gasteiger partial charge on any atom is -0.0821 e. The molecular weight excluding hydrogens is 440 g/mol. The molecule has 4 unspecified atom stereocenters. The number of hydrogen-bond donors (Lipinski definition) is 0. The van der Waals surface area contributed by atoms with Crippen LogP contribution in [0, 0.1) is 23.7 Å². The zero-order valence-electron chi connectivity index (χ0n) is 7.13. The van der Waals surface area contributed by atoms with Gasteiger partial charge in [0.15, 0.2) is 0 Å². The molecule has 0 amide bonds. The normalized spacial score (nSPS) is 54.6. The highest BCUT2D eigenvalue weighted by Crippen LogP contribution is 2.68. The molecule has 0 saturated heterocycles. The molecule has 3 rings (SSSR count). The second-order valence-electron chi connectivity index (χ2n) is 4.22. The molecule has 14 heavy (non-hydrogen) atoms. The quantitative estimate of drug-likeness (QED) is 0.377. The molecule has 0 N–H and O–H groups in total. The highest BCUT2D eigenvalue weighted by molar-refractivity contribution is 9.26. The van der Waals surface area contributed by atoms with Gasteiger partial charge in [0.05, 0.1) is 6.47 Å². The highest BCUT2D eigenvalue weighted by atomic mass is 79.9. The molecule has 76 valence electrons. The van der Waals surface area contributed by atoms with E-state index in [-0.39, 0.29) is 6.47 Å². The molecule has 3 aliphatic rings. The Morgan fingerprint density at radius 3 is 1.00 bits per heavy atom. The minimum absolute atomic E-state index is 0.130. The number of alkyl halides is 4. The molecule has 0 nitrogen and oxygen atoms in total. The van der Waals surface area contributed by atoms with Crippen molar-refractivity contribution in [1.29, 1.82) is 0 Å². The van der Waals surface area contributed by atoms with Crippen molar-refractivity contribution in [2.24, 2.45) is 23.7 Å². The zero-order valence-corrected chi connectivity index (χ0v) is 13.5. The van der Waals surface area contributed by atoms with Gasteiger partial charge in [-0.2, -0.15) is 0 Å². The minimum atomic E-state index is 0.130. The lowest BCUT2D eigenvalue weighted by Gasteiger charge is -1.94. The first kappa shape index (κ1) is 10.5. The Bertz CT molecular complexity index is 280. The summed E-state index contributed by atoms with van der Waals surface area (Å²) in [5.74, 6) is 2.43. The fraction of sp³-hybridized carbons (Fsp3) is 0.600. The van der Waals surface area contributed by atoms with E-state index in [2.05, 4.69) is 88.0 Å². The summed E-state index contributed by atoms with van der Waals surface area (Å²) >= 11 is 14.8. The Labute approximate surface area is 117 Å². The summed E-state index contributed by atoms with van der Waals surface area (Å²) in [7, 11) is 0. The number of fused-ring (bicyclic) bond motifs is 2. The molecule has 4 heteroatoms. The second kappa shape index (κ2) is 2.99. The lowest BCUT2D eigenvalue weighted by Crippen LogP contribution is -1.88. The molecule has 3 aliphatic carbocycles. The lowest BCUT2D eigenvalue weighted by atomic mass is 10.1. The lowest BCUT2D eigenvalue weighted by molar-refractivity contribution is 0.907. The molecule has 0 aromatic carbocycles. The van der Waals surface area contributed by atoms with Crippen molar-refractivity contribution in [3.8, 4) is 0 Å². The van der Waals surface area contributed by atoms with Crippen LogP contribution >= 0.6 is 63.7 Å². The summed E-state index contributed by atoms with van der Waals surface area (Å²) in [6, 6.07) is 0. The predicted octanol–water partition coefficient (Wildman–Crippen LogP) is 4.58. The van der Waals surface area contributed by atoms with Gasteiger partial charge >= 0.3 is 0 Å². The Morgan fingerprint density at radius 1 is 0.571 bits per heavy atom. The number of halogens is 4. The first-order valence-corrected chi connectivity index (χ1v) is 7.75. The molecule has 2 saturated carbocycles. The van der Waals surface area contributed by atoms with Gasteiger partial charge in [0, 0.05) is 23.7 Å². The summed E-state index contributed by atoms with van der Waals surface area (Å²) < 4.78 is 0.260. The standard InChI is InChI=1S/C10H8Br4/c11-9(12)5-1-2-6-8(10(6,13)14)4-3-7(5)9/h1-8H/b2-1-,4-3-. The third-order valence-electron chi connectivity index (χ3n) is 3.38. The molecule has 0 heterocycles. The van der Waals surface area contributed by atoms with Gasteiger partial charge in [-0.05, 0) is 0 Å². The summed E-state index contributed by atoms with van der Waals surface area (Å²) in [6.45, 7) is 0. The van der Waals surface area contributed by atoms with E-state index in [0.29, 0.717) is 23.7 Å². The van der Waals surface area contributed by atoms with E-state index in [1.807, 2.05) is 0 Å². The van der Waals surface area contributed by atoms with E-state index in [0.717, 1.165) is 0 Å². The largest absolute Gasteiger partial charge is 0.0942 e. The Morgan fingerprint density at radius 2 is 0.786 bits per heavy atom. The zero-order chi connectivity index (χ0) is 10.1. The summed E-state index contributed by atoms with van der Waals surface area (Å²) in [5, 5.41) is 0. The first-order chi connectivity index (χ1) is 6.45. The van der Waals surface area contributed by atoms with E-state index in [1.54, 1.807) is 0 Å². The van der Waals surface area contributed by atoms with Crippen LogP contribution in [0.2, 0.25) is 0 Å². The molecule has 0 spiro atoms. The fourth-order valence-electron chi connectivity index (χ4n) is 2.22. The number of rotatable bonds is 0. The van der Waals surface area contributed by atoms with Crippen molar-refractivity contribution in [2.75, 3.05) is 0 Å². The van der Waals surface area contributed by atoms with Gasteiger partial charge in [0.25, 0.3) is 0 Å². The average molecular weight is 448 g/mol. The van der Waals surface area contributed by atoms with E-state index in [1.165, 1.54) is 0 Å². The van der Waals surface area contributed by atoms with E-state index >= 15 is 0 Å². The maximum Gasteiger partial charge on any atom is 0.0942 e. The highest BCUT2D eigenvalue weighted by Gasteiger charge is 2.64. The van der Waals surface area contributed by atoms with Gasteiger partial charge in [0.2, 0.25) is 0 Å². The Balaban J connectivity index is 1.88. The first-order valence-electron chi connectivity index (χ1n) is 4.58. The van der Waals surface area contributed by atoms with Crippen molar-refractivity contribution < 1.29 is 0 Å². The molecule has 2 fully saturated rings. The molecule has 4 atom stereocenters. The van der Waals surface area contributed by atoms with Crippen LogP contribution in [0.15, 0.2) is 24.3 Å². The Hall–Kier alpha value is 1.40. The molecule has 0 radical (unpaired) electrons. The van der Waals surface area contributed by atoms with Gasteiger partial charge in [-0.1, -0.05) is 88.0 Å². The van der Waals surface area contributed by atoms with Crippen LogP contribution in [0.3, 0.4) is 0 Å². The molecular formula is C10H8Br4. The Kier molecular flexibility index (Phi) is 2.25. The monoisotopic (exact) mass is 444 g/mol. The van der Waals surface area contributed by atoms with Crippen molar-refractivity contribution in [2.45, 2.75) is 6.47 Å². The van der Waals surface area contributed by atoms with Crippen LogP contribution in [0.1, 0.15) is 0 Å². The van der Waals surface area contributed by atoms with Crippen LogP contribution in [0.4, 0.5) is 0 Å². The van der Waals surface area contributed by atoms with Crippen LogP contribution < -0.4 is 0 Å². The topological polar surface area (TPSA) is 0 Å². The van der Waals surface area contributed by atoms with Crippen LogP contribution in [0.25, 0.3) is 0 Å². The number of allylic oxidation sites excluding steroid dienone is 4. The smallest absolute Gasteiger partial charge is 0.0821 e. The van der Waals surface area contributed by atoms with Crippen molar-refractivity contribution in [1.82, 2.24) is 0 Å². The predicted molar refractivity (Wildman–Crippen MR) is 73.4 cm³/mol. The average Bonchev–Trinajstić information content (AvgIpc) is 2.67.